The summed E-state index contributed by atoms with van der Waals surface area (Å²) in [6, 6.07) is 0. The van der Waals surface area contributed by atoms with Crippen molar-refractivity contribution in [3.8, 4) is 0 Å². The zero-order valence-electron chi connectivity index (χ0n) is 7.29. The van der Waals surface area contributed by atoms with Crippen molar-refractivity contribution in [3.63, 3.8) is 0 Å². The minimum Gasteiger partial charge on any atom is -0.395 e. The van der Waals surface area contributed by atoms with Gasteiger partial charge in [-0.2, -0.15) is 0 Å². The second-order valence-corrected chi connectivity index (χ2v) is 2.53. The van der Waals surface area contributed by atoms with Crippen LogP contribution in [-0.2, 0) is 4.79 Å². The molecule has 3 N–H and O–H groups in total. The van der Waals surface area contributed by atoms with Crippen LogP contribution in [-0.4, -0.2) is 60.9 Å². The number of carbonyl (C=O) groups excluding carboxylic acids is 1. The van der Waals surface area contributed by atoms with Crippen LogP contribution in [0.15, 0.2) is 0 Å². The number of aliphatic hydroxyl groups excluding tert-OH is 2. The third-order valence-corrected chi connectivity index (χ3v) is 1.44. The van der Waals surface area contributed by atoms with Gasteiger partial charge in [0.15, 0.2) is 0 Å². The van der Waals surface area contributed by atoms with Gasteiger partial charge in [0.1, 0.15) is 6.61 Å². The van der Waals surface area contributed by atoms with E-state index < -0.39 is 6.61 Å². The van der Waals surface area contributed by atoms with Gasteiger partial charge in [-0.05, 0) is 7.05 Å². The zero-order chi connectivity index (χ0) is 9.40. The fourth-order valence-corrected chi connectivity index (χ4v) is 0.725. The van der Waals surface area contributed by atoms with Crippen LogP contribution in [0.1, 0.15) is 0 Å². The molecule has 0 spiro atoms. The number of nitrogens with zero attached hydrogens (tertiary/aromatic N) is 1. The number of likely N-dealkylation sites (N-methyl/N-ethyl adjacent to an activating group) is 1. The summed E-state index contributed by atoms with van der Waals surface area (Å²) in [4.78, 5) is 12.4. The molecule has 0 aromatic heterocycles. The average molecular weight is 176 g/mol. The largest absolute Gasteiger partial charge is 0.395 e. The van der Waals surface area contributed by atoms with Gasteiger partial charge in [0, 0.05) is 19.6 Å². The predicted molar refractivity (Wildman–Crippen MR) is 44.7 cm³/mol. The summed E-state index contributed by atoms with van der Waals surface area (Å²) >= 11 is 0. The van der Waals surface area contributed by atoms with Gasteiger partial charge in [-0.3, -0.25) is 4.79 Å². The van der Waals surface area contributed by atoms with Gasteiger partial charge in [0.05, 0.1) is 6.61 Å². The highest BCUT2D eigenvalue weighted by Gasteiger charge is 1.98. The molecule has 0 atom stereocenters. The summed E-state index contributed by atoms with van der Waals surface area (Å²) in [5.74, 6) is -0.368. The molecule has 0 rings (SSSR count). The van der Waals surface area contributed by atoms with Gasteiger partial charge in [0.2, 0.25) is 5.91 Å². The van der Waals surface area contributed by atoms with Crippen molar-refractivity contribution < 1.29 is 15.0 Å². The maximum Gasteiger partial charge on any atom is 0.245 e. The average Bonchev–Trinajstić information content (AvgIpc) is 2.04. The summed E-state index contributed by atoms with van der Waals surface area (Å²) in [6.45, 7) is 1.41. The second kappa shape index (κ2) is 7.02. The summed E-state index contributed by atoms with van der Waals surface area (Å²) < 4.78 is 0. The van der Waals surface area contributed by atoms with E-state index in [1.54, 1.807) is 0 Å². The van der Waals surface area contributed by atoms with Crippen molar-refractivity contribution in [2.75, 3.05) is 39.9 Å². The lowest BCUT2D eigenvalue weighted by atomic mass is 10.5. The van der Waals surface area contributed by atoms with E-state index in [-0.39, 0.29) is 12.5 Å². The van der Waals surface area contributed by atoms with E-state index in [1.807, 2.05) is 11.9 Å². The molecule has 1 amide bonds. The Hall–Kier alpha value is -0.650. The lowest BCUT2D eigenvalue weighted by Crippen LogP contribution is -2.35. The molecule has 0 fully saturated rings. The smallest absolute Gasteiger partial charge is 0.245 e. The number of aliphatic hydroxyl groups is 2. The Kier molecular flexibility index (Phi) is 6.64. The van der Waals surface area contributed by atoms with Crippen molar-refractivity contribution in [2.24, 2.45) is 0 Å². The van der Waals surface area contributed by atoms with Crippen molar-refractivity contribution >= 4 is 5.91 Å². The normalized spacial score (nSPS) is 10.3. The predicted octanol–water partition coefficient (Wildman–Crippen LogP) is -1.98. The number of amides is 1. The lowest BCUT2D eigenvalue weighted by molar-refractivity contribution is -0.123. The minimum absolute atomic E-state index is 0.116. The van der Waals surface area contributed by atoms with Gasteiger partial charge < -0.3 is 20.4 Å². The maximum absolute atomic E-state index is 10.5. The zero-order valence-corrected chi connectivity index (χ0v) is 7.29. The topological polar surface area (TPSA) is 72.8 Å². The molecule has 5 heteroatoms. The van der Waals surface area contributed by atoms with Crippen LogP contribution in [0.2, 0.25) is 0 Å². The first kappa shape index (κ1) is 11.4. The number of hydrogen-bond donors (Lipinski definition) is 3. The Bertz CT molecular complexity index is 130. The molecule has 5 nitrogen and oxygen atoms in total. The summed E-state index contributed by atoms with van der Waals surface area (Å²) in [6.07, 6.45) is 0. The standard InChI is InChI=1S/C7H16N2O3/c1-9(4-5-10)3-2-8-7(12)6-11/h10-11H,2-6H2,1H3,(H,8,12). The SMILES string of the molecule is CN(CCO)CCNC(=O)CO. The maximum atomic E-state index is 10.5. The van der Waals surface area contributed by atoms with Crippen molar-refractivity contribution in [2.45, 2.75) is 0 Å². The van der Waals surface area contributed by atoms with Gasteiger partial charge in [-0.1, -0.05) is 0 Å². The van der Waals surface area contributed by atoms with Crippen LogP contribution >= 0.6 is 0 Å². The fraction of sp³-hybridized carbons (Fsp3) is 0.857. The van der Waals surface area contributed by atoms with Gasteiger partial charge in [-0.15, -0.1) is 0 Å². The van der Waals surface area contributed by atoms with Crippen molar-refractivity contribution in [1.29, 1.82) is 0 Å². The highest BCUT2D eigenvalue weighted by molar-refractivity contribution is 5.76. The van der Waals surface area contributed by atoms with Crippen LogP contribution in [0.5, 0.6) is 0 Å². The Balaban J connectivity index is 3.24. The molecule has 0 unspecified atom stereocenters. The number of nitrogens with one attached hydrogen (secondary N) is 1. The molecule has 72 valence electrons. The first-order chi connectivity index (χ1) is 5.70. The molecule has 12 heavy (non-hydrogen) atoms. The van der Waals surface area contributed by atoms with E-state index in [0.717, 1.165) is 0 Å². The molecule has 0 aromatic carbocycles. The van der Waals surface area contributed by atoms with E-state index >= 15 is 0 Å². The molecule has 0 aliphatic heterocycles. The highest BCUT2D eigenvalue weighted by Crippen LogP contribution is 1.78. The molecule has 0 aromatic rings. The monoisotopic (exact) mass is 176 g/mol. The van der Waals surface area contributed by atoms with E-state index in [0.29, 0.717) is 19.6 Å². The Morgan fingerprint density at radius 2 is 2.08 bits per heavy atom. The molecule has 0 saturated heterocycles. The van der Waals surface area contributed by atoms with Gasteiger partial charge in [0.25, 0.3) is 0 Å². The Morgan fingerprint density at radius 3 is 2.58 bits per heavy atom. The fourth-order valence-electron chi connectivity index (χ4n) is 0.725. The minimum atomic E-state index is -0.469. The van der Waals surface area contributed by atoms with E-state index in [2.05, 4.69) is 5.32 Å². The summed E-state index contributed by atoms with van der Waals surface area (Å²) in [5.41, 5.74) is 0. The number of carbonyl (C=O) groups is 1. The van der Waals surface area contributed by atoms with Crippen LogP contribution < -0.4 is 5.32 Å². The third kappa shape index (κ3) is 6.09. The van der Waals surface area contributed by atoms with Crippen molar-refractivity contribution in [1.82, 2.24) is 10.2 Å². The van der Waals surface area contributed by atoms with Crippen LogP contribution in [0.25, 0.3) is 0 Å². The Labute approximate surface area is 72.0 Å². The second-order valence-electron chi connectivity index (χ2n) is 2.53. The van der Waals surface area contributed by atoms with Crippen molar-refractivity contribution in [3.05, 3.63) is 0 Å². The third-order valence-electron chi connectivity index (χ3n) is 1.44. The van der Waals surface area contributed by atoms with Crippen LogP contribution in [0, 0.1) is 0 Å². The van der Waals surface area contributed by atoms with E-state index in [9.17, 15) is 4.79 Å². The van der Waals surface area contributed by atoms with E-state index in [4.69, 9.17) is 10.2 Å². The summed E-state index contributed by atoms with van der Waals surface area (Å²) in [7, 11) is 1.85. The molecule has 0 bridgehead atoms. The molecule has 0 aliphatic carbocycles. The molecule has 0 saturated carbocycles. The van der Waals surface area contributed by atoms with E-state index in [1.165, 1.54) is 0 Å². The number of rotatable bonds is 6. The number of hydrogen-bond acceptors (Lipinski definition) is 4. The van der Waals surface area contributed by atoms with Gasteiger partial charge in [-0.25, -0.2) is 0 Å². The summed E-state index contributed by atoms with van der Waals surface area (Å²) in [5, 5.41) is 19.4. The highest BCUT2D eigenvalue weighted by atomic mass is 16.3. The molecular weight excluding hydrogens is 160 g/mol. The van der Waals surface area contributed by atoms with Gasteiger partial charge >= 0.3 is 0 Å². The Morgan fingerprint density at radius 1 is 1.42 bits per heavy atom. The quantitative estimate of drug-likeness (QED) is 0.438. The molecule has 0 aliphatic rings. The molecule has 0 heterocycles. The first-order valence-electron chi connectivity index (χ1n) is 3.87. The van der Waals surface area contributed by atoms with Crippen LogP contribution in [0.3, 0.4) is 0 Å². The molecular formula is C7H16N2O3. The van der Waals surface area contributed by atoms with Crippen LogP contribution in [0.4, 0.5) is 0 Å². The molecule has 0 radical (unpaired) electrons. The first-order valence-corrected chi connectivity index (χ1v) is 3.87. The lowest BCUT2D eigenvalue weighted by Gasteiger charge is -2.14.